The molecule has 0 saturated heterocycles. The number of rotatable bonds is 6. The van der Waals surface area contributed by atoms with Crippen LogP contribution in [0.2, 0.25) is 0 Å². The van der Waals surface area contributed by atoms with Crippen molar-refractivity contribution < 1.29 is 17.9 Å². The van der Waals surface area contributed by atoms with Gasteiger partial charge in [0, 0.05) is 19.3 Å². The first-order valence-electron chi connectivity index (χ1n) is 5.84. The third-order valence-corrected chi connectivity index (χ3v) is 4.05. The fourth-order valence-corrected chi connectivity index (χ4v) is 2.38. The second-order valence-corrected chi connectivity index (χ2v) is 5.66. The van der Waals surface area contributed by atoms with Crippen LogP contribution in [0.3, 0.4) is 0 Å². The lowest BCUT2D eigenvalue weighted by Gasteiger charge is -2.11. The van der Waals surface area contributed by atoms with Crippen molar-refractivity contribution in [2.75, 3.05) is 19.0 Å². The Morgan fingerprint density at radius 2 is 1.89 bits per heavy atom. The molecule has 2 N–H and O–H groups in total. The van der Waals surface area contributed by atoms with Crippen LogP contribution in [-0.4, -0.2) is 34.1 Å². The number of carbonyl (C=O) groups excluding carboxylic acids is 1. The van der Waals surface area contributed by atoms with Gasteiger partial charge >= 0.3 is 0 Å². The van der Waals surface area contributed by atoms with Crippen LogP contribution >= 0.6 is 0 Å². The highest BCUT2D eigenvalue weighted by Crippen LogP contribution is 2.14. The summed E-state index contributed by atoms with van der Waals surface area (Å²) < 4.78 is 30.7. The van der Waals surface area contributed by atoms with Crippen molar-refractivity contribution in [3.63, 3.8) is 0 Å². The zero-order valence-corrected chi connectivity index (χ0v) is 12.0. The van der Waals surface area contributed by atoms with E-state index in [0.29, 0.717) is 12.2 Å². The lowest BCUT2D eigenvalue weighted by atomic mass is 10.3. The van der Waals surface area contributed by atoms with Crippen molar-refractivity contribution >= 4 is 21.6 Å². The summed E-state index contributed by atoms with van der Waals surface area (Å²) in [5.74, 6) is -0.287. The van der Waals surface area contributed by atoms with Crippen LogP contribution in [0.1, 0.15) is 13.8 Å². The van der Waals surface area contributed by atoms with E-state index in [0.717, 1.165) is 0 Å². The Balaban J connectivity index is 2.80. The number of methoxy groups -OCH3 is 1. The van der Waals surface area contributed by atoms with Gasteiger partial charge in [0.05, 0.1) is 4.90 Å². The average molecular weight is 286 g/mol. The smallest absolute Gasteiger partial charge is 0.253 e. The normalized spacial score (nSPS) is 13.0. The van der Waals surface area contributed by atoms with Crippen molar-refractivity contribution in [3.05, 3.63) is 24.3 Å². The molecule has 0 aliphatic rings. The van der Waals surface area contributed by atoms with Gasteiger partial charge < -0.3 is 10.1 Å². The molecule has 0 heterocycles. The van der Waals surface area contributed by atoms with Crippen LogP contribution in [0.15, 0.2) is 29.2 Å². The number of hydrogen-bond acceptors (Lipinski definition) is 4. The molecular weight excluding hydrogens is 268 g/mol. The van der Waals surface area contributed by atoms with Gasteiger partial charge in [-0.15, -0.1) is 0 Å². The van der Waals surface area contributed by atoms with Crippen LogP contribution < -0.4 is 10.0 Å². The minimum Gasteiger partial charge on any atom is -0.372 e. The highest BCUT2D eigenvalue weighted by molar-refractivity contribution is 7.89. The molecule has 1 rings (SSSR count). The molecule has 1 unspecified atom stereocenters. The van der Waals surface area contributed by atoms with Crippen molar-refractivity contribution in [3.8, 4) is 0 Å². The molecule has 106 valence electrons. The van der Waals surface area contributed by atoms with Gasteiger partial charge in [0.1, 0.15) is 6.10 Å². The van der Waals surface area contributed by atoms with Gasteiger partial charge in [0.25, 0.3) is 5.91 Å². The number of hydrogen-bond donors (Lipinski definition) is 2. The number of anilines is 1. The molecule has 1 aromatic carbocycles. The lowest BCUT2D eigenvalue weighted by Crippen LogP contribution is -2.26. The topological polar surface area (TPSA) is 84.5 Å². The van der Waals surface area contributed by atoms with E-state index in [-0.39, 0.29) is 10.8 Å². The van der Waals surface area contributed by atoms with E-state index >= 15 is 0 Å². The fourth-order valence-electron chi connectivity index (χ4n) is 1.34. The Labute approximate surface area is 113 Å². The summed E-state index contributed by atoms with van der Waals surface area (Å²) in [5, 5.41) is 2.62. The van der Waals surface area contributed by atoms with Crippen LogP contribution in [0.25, 0.3) is 0 Å². The van der Waals surface area contributed by atoms with E-state index in [2.05, 4.69) is 10.0 Å². The molecule has 0 aliphatic carbocycles. The van der Waals surface area contributed by atoms with E-state index in [1.165, 1.54) is 31.4 Å². The van der Waals surface area contributed by atoms with Crippen molar-refractivity contribution in [1.82, 2.24) is 4.72 Å². The van der Waals surface area contributed by atoms with E-state index in [9.17, 15) is 13.2 Å². The van der Waals surface area contributed by atoms with Crippen LogP contribution in [0.4, 0.5) is 5.69 Å². The summed E-state index contributed by atoms with van der Waals surface area (Å²) in [4.78, 5) is 11.7. The Morgan fingerprint density at radius 1 is 1.32 bits per heavy atom. The minimum absolute atomic E-state index is 0.159. The van der Waals surface area contributed by atoms with E-state index in [4.69, 9.17) is 4.74 Å². The van der Waals surface area contributed by atoms with Crippen molar-refractivity contribution in [1.29, 1.82) is 0 Å². The Bertz CT molecular complexity index is 525. The molecule has 1 aromatic rings. The molecule has 0 saturated carbocycles. The first kappa shape index (κ1) is 15.6. The first-order valence-corrected chi connectivity index (χ1v) is 7.32. The van der Waals surface area contributed by atoms with Crippen LogP contribution in [0.5, 0.6) is 0 Å². The fraction of sp³-hybridized carbons (Fsp3) is 0.417. The van der Waals surface area contributed by atoms with E-state index in [1.54, 1.807) is 13.8 Å². The standard InChI is InChI=1S/C12H18N2O4S/c1-4-13-19(16,17)11-7-5-10(6-8-11)14-12(15)9(2)18-3/h5-9,13H,4H2,1-3H3,(H,14,15). The SMILES string of the molecule is CCNS(=O)(=O)c1ccc(NC(=O)C(C)OC)cc1. The molecule has 0 radical (unpaired) electrons. The largest absolute Gasteiger partial charge is 0.372 e. The van der Waals surface area contributed by atoms with Gasteiger partial charge in [-0.3, -0.25) is 4.79 Å². The predicted octanol–water partition coefficient (Wildman–Crippen LogP) is 0.958. The summed E-state index contributed by atoms with van der Waals surface area (Å²) in [5.41, 5.74) is 0.518. The zero-order valence-electron chi connectivity index (χ0n) is 11.1. The summed E-state index contributed by atoms with van der Waals surface area (Å²) in [6.07, 6.45) is -0.565. The maximum atomic E-state index is 11.7. The second-order valence-electron chi connectivity index (χ2n) is 3.89. The number of carbonyl (C=O) groups is 1. The maximum Gasteiger partial charge on any atom is 0.253 e. The molecule has 1 amide bonds. The second kappa shape index (κ2) is 6.65. The molecular formula is C12H18N2O4S. The van der Waals surface area contributed by atoms with Gasteiger partial charge in [-0.1, -0.05) is 6.92 Å². The summed E-state index contributed by atoms with van der Waals surface area (Å²) >= 11 is 0. The third kappa shape index (κ3) is 4.30. The number of ether oxygens (including phenoxy) is 1. The molecule has 0 aromatic heterocycles. The summed E-state index contributed by atoms with van der Waals surface area (Å²) in [6, 6.07) is 5.94. The Kier molecular flexibility index (Phi) is 5.46. The summed E-state index contributed by atoms with van der Waals surface area (Å²) in [7, 11) is -2.02. The molecule has 1 atom stereocenters. The highest BCUT2D eigenvalue weighted by Gasteiger charge is 2.14. The van der Waals surface area contributed by atoms with Crippen molar-refractivity contribution in [2.24, 2.45) is 0 Å². The third-order valence-electron chi connectivity index (χ3n) is 2.49. The highest BCUT2D eigenvalue weighted by atomic mass is 32.2. The van der Waals surface area contributed by atoms with Crippen LogP contribution in [-0.2, 0) is 19.6 Å². The van der Waals surface area contributed by atoms with Gasteiger partial charge in [0.2, 0.25) is 10.0 Å². The monoisotopic (exact) mass is 286 g/mol. The number of nitrogens with one attached hydrogen (secondary N) is 2. The van der Waals surface area contributed by atoms with Gasteiger partial charge in [-0.25, -0.2) is 13.1 Å². The summed E-state index contributed by atoms with van der Waals surface area (Å²) in [6.45, 7) is 3.66. The molecule has 0 spiro atoms. The average Bonchev–Trinajstić information content (AvgIpc) is 2.38. The first-order chi connectivity index (χ1) is 8.90. The number of sulfonamides is 1. The predicted molar refractivity (Wildman–Crippen MR) is 72.4 cm³/mol. The molecule has 0 fully saturated rings. The number of amides is 1. The van der Waals surface area contributed by atoms with Crippen molar-refractivity contribution in [2.45, 2.75) is 24.8 Å². The van der Waals surface area contributed by atoms with Gasteiger partial charge in [0.15, 0.2) is 0 Å². The molecule has 6 nitrogen and oxygen atoms in total. The van der Waals surface area contributed by atoms with E-state index in [1.807, 2.05) is 0 Å². The van der Waals surface area contributed by atoms with Gasteiger partial charge in [-0.2, -0.15) is 0 Å². The molecule has 7 heteroatoms. The van der Waals surface area contributed by atoms with Gasteiger partial charge in [-0.05, 0) is 31.2 Å². The Morgan fingerprint density at radius 3 is 2.37 bits per heavy atom. The zero-order chi connectivity index (χ0) is 14.5. The number of benzene rings is 1. The maximum absolute atomic E-state index is 11.7. The minimum atomic E-state index is -3.46. The Hall–Kier alpha value is -1.44. The molecule has 0 aliphatic heterocycles. The molecule has 0 bridgehead atoms. The van der Waals surface area contributed by atoms with E-state index < -0.39 is 16.1 Å². The quantitative estimate of drug-likeness (QED) is 0.815. The molecule has 19 heavy (non-hydrogen) atoms. The lowest BCUT2D eigenvalue weighted by molar-refractivity contribution is -0.124. The van der Waals surface area contributed by atoms with Crippen LogP contribution in [0, 0.1) is 0 Å².